The Hall–Kier alpha value is -3.78. The maximum absolute atomic E-state index is 13.6. The number of benzene rings is 3. The minimum atomic E-state index is -0.631. The van der Waals surface area contributed by atoms with E-state index in [4.69, 9.17) is 5.10 Å². The lowest BCUT2D eigenvalue weighted by Gasteiger charge is -2.23. The van der Waals surface area contributed by atoms with Crippen molar-refractivity contribution in [2.45, 2.75) is 44.9 Å². The van der Waals surface area contributed by atoms with Crippen molar-refractivity contribution >= 4 is 40.1 Å². The van der Waals surface area contributed by atoms with Crippen molar-refractivity contribution in [3.05, 3.63) is 100 Å². The molecule has 2 amide bonds. The van der Waals surface area contributed by atoms with Crippen LogP contribution in [-0.4, -0.2) is 33.0 Å². The second-order valence-electron chi connectivity index (χ2n) is 9.42. The van der Waals surface area contributed by atoms with Gasteiger partial charge in [0.05, 0.1) is 11.8 Å². The molecule has 0 aromatic heterocycles. The third-order valence-corrected chi connectivity index (χ3v) is 7.78. The molecule has 0 fully saturated rings. The summed E-state index contributed by atoms with van der Waals surface area (Å²) in [5, 5.41) is 9.28. The number of aryl methyl sites for hydroxylation is 3. The molecular formula is C29H27FN4O2S. The Morgan fingerprint density at radius 3 is 2.46 bits per heavy atom. The van der Waals surface area contributed by atoms with E-state index < -0.39 is 5.25 Å². The van der Waals surface area contributed by atoms with Crippen LogP contribution in [0.2, 0.25) is 0 Å². The predicted octanol–water partition coefficient (Wildman–Crippen LogP) is 5.93. The minimum absolute atomic E-state index is 0.00696. The lowest BCUT2D eigenvalue weighted by atomic mass is 9.98. The highest BCUT2D eigenvalue weighted by Gasteiger charge is 2.39. The van der Waals surface area contributed by atoms with Gasteiger partial charge >= 0.3 is 0 Å². The average molecular weight is 515 g/mol. The molecule has 0 spiro atoms. The van der Waals surface area contributed by atoms with Gasteiger partial charge in [-0.1, -0.05) is 59.8 Å². The molecule has 3 aromatic rings. The Labute approximate surface area is 219 Å². The van der Waals surface area contributed by atoms with E-state index in [-0.39, 0.29) is 30.1 Å². The van der Waals surface area contributed by atoms with Crippen molar-refractivity contribution in [3.8, 4) is 0 Å². The number of halogens is 1. The van der Waals surface area contributed by atoms with Crippen molar-refractivity contribution in [1.82, 2.24) is 5.01 Å². The number of anilines is 1. The molecular weight excluding hydrogens is 487 g/mol. The van der Waals surface area contributed by atoms with Gasteiger partial charge in [-0.2, -0.15) is 10.1 Å². The van der Waals surface area contributed by atoms with Gasteiger partial charge in [0.15, 0.2) is 5.17 Å². The lowest BCUT2D eigenvalue weighted by Crippen LogP contribution is -2.25. The highest BCUT2D eigenvalue weighted by Crippen LogP contribution is 2.38. The van der Waals surface area contributed by atoms with Crippen LogP contribution in [0.15, 0.2) is 76.8 Å². The van der Waals surface area contributed by atoms with E-state index in [1.54, 1.807) is 17.1 Å². The Balaban J connectivity index is 1.34. The summed E-state index contributed by atoms with van der Waals surface area (Å²) < 4.78 is 13.6. The van der Waals surface area contributed by atoms with Gasteiger partial charge in [-0.05, 0) is 67.3 Å². The molecule has 2 heterocycles. The van der Waals surface area contributed by atoms with Crippen LogP contribution in [0.1, 0.15) is 46.7 Å². The van der Waals surface area contributed by atoms with Crippen molar-refractivity contribution in [2.75, 3.05) is 5.32 Å². The first-order chi connectivity index (χ1) is 17.8. The molecule has 2 atom stereocenters. The number of amidine groups is 1. The van der Waals surface area contributed by atoms with Crippen molar-refractivity contribution < 1.29 is 14.0 Å². The van der Waals surface area contributed by atoms with Crippen LogP contribution in [-0.2, 0) is 9.59 Å². The number of nitrogens with one attached hydrogen (secondary N) is 1. The first-order valence-electron chi connectivity index (χ1n) is 12.1. The van der Waals surface area contributed by atoms with Crippen LogP contribution in [0, 0.1) is 26.6 Å². The molecule has 8 heteroatoms. The second kappa shape index (κ2) is 10.3. The van der Waals surface area contributed by atoms with Gasteiger partial charge in [0.2, 0.25) is 5.91 Å². The summed E-state index contributed by atoms with van der Waals surface area (Å²) in [5.41, 5.74) is 6.80. The summed E-state index contributed by atoms with van der Waals surface area (Å²) in [7, 11) is 0. The summed E-state index contributed by atoms with van der Waals surface area (Å²) >= 11 is 1.25. The van der Waals surface area contributed by atoms with E-state index in [0.717, 1.165) is 33.5 Å². The van der Waals surface area contributed by atoms with Crippen LogP contribution in [0.4, 0.5) is 10.1 Å². The summed E-state index contributed by atoms with van der Waals surface area (Å²) in [6, 6.07) is 19.9. The fourth-order valence-corrected chi connectivity index (χ4v) is 5.42. The normalized spacial score (nSPS) is 19.1. The van der Waals surface area contributed by atoms with E-state index in [2.05, 4.69) is 10.3 Å². The molecule has 0 radical (unpaired) electrons. The smallest absolute Gasteiger partial charge is 0.262 e. The zero-order chi connectivity index (χ0) is 26.1. The molecule has 1 N–H and O–H groups in total. The third-order valence-electron chi connectivity index (χ3n) is 6.64. The third kappa shape index (κ3) is 5.49. The number of hydrazone groups is 1. The highest BCUT2D eigenvalue weighted by atomic mass is 32.2. The Kier molecular flexibility index (Phi) is 6.93. The van der Waals surface area contributed by atoms with Gasteiger partial charge in [0.25, 0.3) is 5.91 Å². The topological polar surface area (TPSA) is 74.1 Å². The number of nitrogens with zero attached hydrogens (tertiary/aromatic N) is 3. The minimum Gasteiger partial charge on any atom is -0.326 e. The van der Waals surface area contributed by atoms with Gasteiger partial charge < -0.3 is 5.32 Å². The Morgan fingerprint density at radius 2 is 1.76 bits per heavy atom. The van der Waals surface area contributed by atoms with Crippen molar-refractivity contribution in [3.63, 3.8) is 0 Å². The molecule has 3 aromatic carbocycles. The SMILES string of the molecule is Cc1ccc(C2=NN(C3=NC(=O)C(CC(=O)Nc4ccc(C)c(C)c4)S3)C(c3ccc(F)cc3)C2)cc1. The molecule has 0 bridgehead atoms. The summed E-state index contributed by atoms with van der Waals surface area (Å²) in [6.45, 7) is 6.03. The lowest BCUT2D eigenvalue weighted by molar-refractivity contribution is -0.121. The zero-order valence-electron chi connectivity index (χ0n) is 20.9. The Morgan fingerprint density at radius 1 is 1.03 bits per heavy atom. The number of thioether (sulfide) groups is 1. The van der Waals surface area contributed by atoms with Gasteiger partial charge in [-0.15, -0.1) is 0 Å². The quantitative estimate of drug-likeness (QED) is 0.458. The summed E-state index contributed by atoms with van der Waals surface area (Å²) in [4.78, 5) is 29.8. The van der Waals surface area contributed by atoms with Crippen LogP contribution in [0.25, 0.3) is 0 Å². The standard InChI is InChI=1S/C29H27FN4O2S/c1-17-4-7-20(8-5-17)24-15-25(21-9-11-22(30)12-10-21)34(33-24)29-32-28(36)26(37-29)16-27(35)31-23-13-6-18(2)19(3)14-23/h4-14,25-26H,15-16H2,1-3H3,(H,31,35). The fourth-order valence-electron chi connectivity index (χ4n) is 4.36. The molecule has 2 unspecified atom stereocenters. The average Bonchev–Trinajstić information content (AvgIpc) is 3.46. The number of carbonyl (C=O) groups excluding carboxylic acids is 2. The first-order valence-corrected chi connectivity index (χ1v) is 13.0. The van der Waals surface area contributed by atoms with Gasteiger partial charge in [0.1, 0.15) is 11.1 Å². The first kappa shape index (κ1) is 24.9. The summed E-state index contributed by atoms with van der Waals surface area (Å²) in [5.74, 6) is -0.913. The maximum atomic E-state index is 13.6. The van der Waals surface area contributed by atoms with Crippen LogP contribution < -0.4 is 5.32 Å². The number of hydrogen-bond acceptors (Lipinski definition) is 5. The maximum Gasteiger partial charge on any atom is 0.262 e. The van der Waals surface area contributed by atoms with Crippen molar-refractivity contribution in [1.29, 1.82) is 0 Å². The van der Waals surface area contributed by atoms with Crippen LogP contribution in [0.5, 0.6) is 0 Å². The molecule has 0 saturated carbocycles. The zero-order valence-corrected chi connectivity index (χ0v) is 21.7. The van der Waals surface area contributed by atoms with Crippen molar-refractivity contribution in [2.24, 2.45) is 10.1 Å². The molecule has 2 aliphatic heterocycles. The monoisotopic (exact) mass is 514 g/mol. The van der Waals surface area contributed by atoms with Gasteiger partial charge in [0, 0.05) is 18.5 Å². The largest absolute Gasteiger partial charge is 0.326 e. The molecule has 6 nitrogen and oxygen atoms in total. The summed E-state index contributed by atoms with van der Waals surface area (Å²) in [6.07, 6.45) is 0.591. The second-order valence-corrected chi connectivity index (χ2v) is 10.6. The molecule has 5 rings (SSSR count). The molecule has 37 heavy (non-hydrogen) atoms. The van der Waals surface area contributed by atoms with E-state index >= 15 is 0 Å². The molecule has 188 valence electrons. The highest BCUT2D eigenvalue weighted by molar-refractivity contribution is 8.15. The molecule has 0 aliphatic carbocycles. The van der Waals surface area contributed by atoms with Gasteiger partial charge in [-0.25, -0.2) is 9.40 Å². The van der Waals surface area contributed by atoms with Gasteiger partial charge in [-0.3, -0.25) is 9.59 Å². The number of rotatable bonds is 5. The van der Waals surface area contributed by atoms with E-state index in [0.29, 0.717) is 17.3 Å². The Bertz CT molecular complexity index is 1420. The molecule has 2 aliphatic rings. The number of aliphatic imine (C=N–C) groups is 1. The van der Waals surface area contributed by atoms with Crippen LogP contribution in [0.3, 0.4) is 0 Å². The molecule has 0 saturated heterocycles. The number of carbonyl (C=O) groups is 2. The van der Waals surface area contributed by atoms with E-state index in [1.165, 1.54) is 23.9 Å². The van der Waals surface area contributed by atoms with Crippen LogP contribution >= 0.6 is 11.8 Å². The van der Waals surface area contributed by atoms with E-state index in [1.807, 2.05) is 63.2 Å². The fraction of sp³-hybridized carbons (Fsp3) is 0.241. The predicted molar refractivity (Wildman–Crippen MR) is 146 cm³/mol. The van der Waals surface area contributed by atoms with E-state index in [9.17, 15) is 14.0 Å². The number of hydrogen-bond donors (Lipinski definition) is 1. The number of amides is 2.